The number of rotatable bonds is 5. The first-order chi connectivity index (χ1) is 7.13. The van der Waals surface area contributed by atoms with Crippen LogP contribution in [0.25, 0.3) is 0 Å². The zero-order chi connectivity index (χ0) is 11.3. The Balaban J connectivity index is 2.53. The average Bonchev–Trinajstić information content (AvgIpc) is 2.26. The lowest BCUT2D eigenvalue weighted by Gasteiger charge is -2.09. The van der Waals surface area contributed by atoms with Gasteiger partial charge in [-0.1, -0.05) is 12.1 Å². The fraction of sp³-hybridized carbons (Fsp3) is 0.400. The largest absolute Gasteiger partial charge is 0.395 e. The van der Waals surface area contributed by atoms with Crippen LogP contribution < -0.4 is 5.32 Å². The van der Waals surface area contributed by atoms with Gasteiger partial charge in [-0.05, 0) is 12.5 Å². The van der Waals surface area contributed by atoms with Gasteiger partial charge in [-0.15, -0.1) is 0 Å². The molecule has 0 aromatic heterocycles. The van der Waals surface area contributed by atoms with Crippen LogP contribution in [-0.2, 0) is 6.54 Å². The molecule has 1 rings (SSSR count). The number of non-ortho nitro benzene ring substituents is 1. The summed E-state index contributed by atoms with van der Waals surface area (Å²) in [5.41, 5.74) is 1.05. The molecule has 1 atom stereocenters. The Morgan fingerprint density at radius 3 is 2.53 bits per heavy atom. The molecule has 0 heterocycles. The molecule has 0 radical (unpaired) electrons. The van der Waals surface area contributed by atoms with Crippen molar-refractivity contribution in [1.29, 1.82) is 0 Å². The van der Waals surface area contributed by atoms with Gasteiger partial charge in [0.25, 0.3) is 5.69 Å². The molecule has 82 valence electrons. The van der Waals surface area contributed by atoms with Crippen LogP contribution in [0.4, 0.5) is 5.69 Å². The van der Waals surface area contributed by atoms with Crippen molar-refractivity contribution in [3.8, 4) is 0 Å². The average molecular weight is 210 g/mol. The van der Waals surface area contributed by atoms with E-state index in [1.165, 1.54) is 12.1 Å². The highest BCUT2D eigenvalue weighted by atomic mass is 16.6. The van der Waals surface area contributed by atoms with Crippen molar-refractivity contribution >= 4 is 5.69 Å². The third-order valence-corrected chi connectivity index (χ3v) is 2.08. The third-order valence-electron chi connectivity index (χ3n) is 2.08. The number of nitro benzene ring substituents is 1. The Morgan fingerprint density at radius 2 is 2.07 bits per heavy atom. The van der Waals surface area contributed by atoms with Crippen LogP contribution in [0.3, 0.4) is 0 Å². The molecular weight excluding hydrogens is 196 g/mol. The van der Waals surface area contributed by atoms with Crippen molar-refractivity contribution in [1.82, 2.24) is 5.32 Å². The van der Waals surface area contributed by atoms with Gasteiger partial charge in [-0.25, -0.2) is 0 Å². The molecule has 0 aliphatic heterocycles. The fourth-order valence-corrected chi connectivity index (χ4v) is 1.09. The molecule has 0 aliphatic rings. The smallest absolute Gasteiger partial charge is 0.269 e. The van der Waals surface area contributed by atoms with Gasteiger partial charge in [0.05, 0.1) is 11.5 Å². The summed E-state index contributed by atoms with van der Waals surface area (Å²) in [6, 6.07) is 6.38. The number of nitro groups is 1. The summed E-state index contributed by atoms with van der Waals surface area (Å²) >= 11 is 0. The van der Waals surface area contributed by atoms with Gasteiger partial charge in [0.2, 0.25) is 0 Å². The second-order valence-electron chi connectivity index (χ2n) is 3.39. The number of hydrogen-bond donors (Lipinski definition) is 2. The third kappa shape index (κ3) is 3.65. The molecular formula is C10H14N2O3. The van der Waals surface area contributed by atoms with E-state index in [0.29, 0.717) is 6.54 Å². The van der Waals surface area contributed by atoms with E-state index >= 15 is 0 Å². The molecule has 5 nitrogen and oxygen atoms in total. The highest BCUT2D eigenvalue weighted by molar-refractivity contribution is 5.32. The van der Waals surface area contributed by atoms with Crippen LogP contribution in [0.1, 0.15) is 12.5 Å². The van der Waals surface area contributed by atoms with E-state index in [1.807, 2.05) is 6.92 Å². The number of nitrogens with zero attached hydrogens (tertiary/aromatic N) is 1. The number of hydrogen-bond acceptors (Lipinski definition) is 4. The van der Waals surface area contributed by atoms with Crippen LogP contribution in [0.15, 0.2) is 24.3 Å². The molecule has 1 unspecified atom stereocenters. The summed E-state index contributed by atoms with van der Waals surface area (Å²) in [6.45, 7) is 2.54. The molecule has 0 spiro atoms. The molecule has 0 fully saturated rings. The molecule has 0 saturated carbocycles. The number of benzene rings is 1. The van der Waals surface area contributed by atoms with Crippen LogP contribution in [0, 0.1) is 10.1 Å². The van der Waals surface area contributed by atoms with Gasteiger partial charge >= 0.3 is 0 Å². The summed E-state index contributed by atoms with van der Waals surface area (Å²) in [7, 11) is 0. The van der Waals surface area contributed by atoms with Crippen molar-refractivity contribution in [2.45, 2.75) is 19.5 Å². The van der Waals surface area contributed by atoms with Crippen molar-refractivity contribution in [3.63, 3.8) is 0 Å². The molecule has 0 saturated heterocycles. The fourth-order valence-electron chi connectivity index (χ4n) is 1.09. The van der Waals surface area contributed by atoms with Crippen molar-refractivity contribution < 1.29 is 10.0 Å². The molecule has 15 heavy (non-hydrogen) atoms. The van der Waals surface area contributed by atoms with E-state index in [9.17, 15) is 10.1 Å². The maximum Gasteiger partial charge on any atom is 0.269 e. The van der Waals surface area contributed by atoms with Gasteiger partial charge in [-0.2, -0.15) is 0 Å². The van der Waals surface area contributed by atoms with Gasteiger partial charge in [0, 0.05) is 24.7 Å². The van der Waals surface area contributed by atoms with Crippen molar-refractivity contribution in [3.05, 3.63) is 39.9 Å². The predicted octanol–water partition coefficient (Wildman–Crippen LogP) is 1.07. The summed E-state index contributed by atoms with van der Waals surface area (Å²) in [4.78, 5) is 9.96. The van der Waals surface area contributed by atoms with Crippen LogP contribution >= 0.6 is 0 Å². The van der Waals surface area contributed by atoms with E-state index in [4.69, 9.17) is 5.11 Å². The minimum atomic E-state index is -0.423. The van der Waals surface area contributed by atoms with Gasteiger partial charge in [0.15, 0.2) is 0 Å². The van der Waals surface area contributed by atoms with Crippen molar-refractivity contribution in [2.75, 3.05) is 6.61 Å². The molecule has 1 aromatic carbocycles. The Labute approximate surface area is 87.9 Å². The normalized spacial score (nSPS) is 12.4. The van der Waals surface area contributed by atoms with Crippen LogP contribution in [-0.4, -0.2) is 22.7 Å². The van der Waals surface area contributed by atoms with Gasteiger partial charge < -0.3 is 10.4 Å². The Kier molecular flexibility index (Phi) is 4.20. The summed E-state index contributed by atoms with van der Waals surface area (Å²) in [5.74, 6) is 0. The number of aliphatic hydroxyl groups excluding tert-OH is 1. The number of nitrogens with one attached hydrogen (secondary N) is 1. The second-order valence-corrected chi connectivity index (χ2v) is 3.39. The lowest BCUT2D eigenvalue weighted by atomic mass is 10.2. The molecule has 0 amide bonds. The predicted molar refractivity (Wildman–Crippen MR) is 56.5 cm³/mol. The van der Waals surface area contributed by atoms with Crippen LogP contribution in [0.2, 0.25) is 0 Å². The number of aliphatic hydroxyl groups is 1. The molecule has 2 N–H and O–H groups in total. The van der Waals surface area contributed by atoms with Crippen molar-refractivity contribution in [2.24, 2.45) is 0 Å². The van der Waals surface area contributed by atoms with E-state index in [1.54, 1.807) is 12.1 Å². The van der Waals surface area contributed by atoms with E-state index in [-0.39, 0.29) is 18.3 Å². The summed E-state index contributed by atoms with van der Waals surface area (Å²) in [5, 5.41) is 22.2. The quantitative estimate of drug-likeness (QED) is 0.563. The molecule has 0 aliphatic carbocycles. The van der Waals surface area contributed by atoms with Crippen LogP contribution in [0.5, 0.6) is 0 Å². The lowest BCUT2D eigenvalue weighted by Crippen LogP contribution is -2.28. The first kappa shape index (κ1) is 11.6. The monoisotopic (exact) mass is 210 g/mol. The first-order valence-electron chi connectivity index (χ1n) is 4.71. The molecule has 1 aromatic rings. The first-order valence-corrected chi connectivity index (χ1v) is 4.71. The minimum Gasteiger partial charge on any atom is -0.395 e. The van der Waals surface area contributed by atoms with E-state index in [2.05, 4.69) is 5.32 Å². The highest BCUT2D eigenvalue weighted by Crippen LogP contribution is 2.11. The maximum absolute atomic E-state index is 10.4. The van der Waals surface area contributed by atoms with Gasteiger partial charge in [-0.3, -0.25) is 10.1 Å². The summed E-state index contributed by atoms with van der Waals surface area (Å²) in [6.07, 6.45) is 0. The van der Waals surface area contributed by atoms with E-state index in [0.717, 1.165) is 5.56 Å². The second kappa shape index (κ2) is 5.43. The zero-order valence-corrected chi connectivity index (χ0v) is 8.51. The minimum absolute atomic E-state index is 0.0280. The Hall–Kier alpha value is -1.46. The Bertz CT molecular complexity index is 324. The maximum atomic E-state index is 10.4. The molecule has 5 heteroatoms. The SMILES string of the molecule is CC(CO)NCc1ccc([N+](=O)[O-])cc1. The highest BCUT2D eigenvalue weighted by Gasteiger charge is 2.04. The lowest BCUT2D eigenvalue weighted by molar-refractivity contribution is -0.384. The molecule has 0 bridgehead atoms. The van der Waals surface area contributed by atoms with Gasteiger partial charge in [0.1, 0.15) is 0 Å². The zero-order valence-electron chi connectivity index (χ0n) is 8.51. The topological polar surface area (TPSA) is 75.4 Å². The standard InChI is InChI=1S/C10H14N2O3/c1-8(7-13)11-6-9-2-4-10(5-3-9)12(14)15/h2-5,8,11,13H,6-7H2,1H3. The Morgan fingerprint density at radius 1 is 1.47 bits per heavy atom. The van der Waals surface area contributed by atoms with E-state index < -0.39 is 4.92 Å². The summed E-state index contributed by atoms with van der Waals surface area (Å²) < 4.78 is 0.